The Morgan fingerprint density at radius 2 is 0.814 bits per heavy atom. The predicted molar refractivity (Wildman–Crippen MR) is 367 cm³/mol. The first-order valence-corrected chi connectivity index (χ1v) is 33.8. The Morgan fingerprint density at radius 1 is 0.480 bits per heavy atom. The fourth-order valence-electron chi connectivity index (χ4n) is 10.2. The standard InChI is InChI=1S/2C30H29F3N6O2.2C6H6O3S/c2*1-20-25(27-13-15-36-38(27)23-11-9-21(19-34)10-12-23)18-26(28(40)35-14-6-16-39(2,3)4)29(41)37(20)24-8-5-7-22(17-24)30(31,32)33;2*7-10(8,9)6-4-2-1-3-5-6/h2*5,7-13,15,17-18H,6,14,16H2,1-4H3;2*1-5H,(H,7,8,9). The lowest BCUT2D eigenvalue weighted by molar-refractivity contribution is -0.870. The van der Waals surface area contributed by atoms with Crippen LogP contribution in [0, 0.1) is 36.5 Å². The molecule has 0 aliphatic heterocycles. The van der Waals surface area contributed by atoms with E-state index in [9.17, 15) is 71.5 Å². The first kappa shape index (κ1) is 78.2. The van der Waals surface area contributed by atoms with Gasteiger partial charge in [0.05, 0.1) is 135 Å². The molecule has 4 aromatic heterocycles. The molecule has 532 valence electrons. The van der Waals surface area contributed by atoms with E-state index in [2.05, 4.69) is 33.0 Å². The van der Waals surface area contributed by atoms with Crippen molar-refractivity contribution in [1.82, 2.24) is 39.3 Å². The molecule has 0 unspecified atom stereocenters. The third-order valence-electron chi connectivity index (χ3n) is 15.2. The van der Waals surface area contributed by atoms with Crippen LogP contribution < -0.4 is 21.8 Å². The smallest absolute Gasteiger partial charge is 0.416 e. The SMILES string of the molecule is Cc1c(-c2ccnn2-c2ccc(C#N)cc2)cc(C(=O)NCCC[N+](C)(C)C)c(=O)n1-c1cccc(C(F)(F)F)c1.Cc1c(-c2ccnn2-c2ccc(C#N)cc2)cc(C(=O)NCCC[N+](C)(C)C)c(=O)n1-c1cccc(C(F)(F)F)c1.O=S(=O)([O-])c1ccccc1.O=S(=O)([O-])c1ccccc1. The topological polar surface area (TPSA) is 300 Å². The number of halogens is 6. The number of pyridine rings is 2. The largest absolute Gasteiger partial charge is 0.744 e. The molecule has 0 aliphatic carbocycles. The molecule has 0 atom stereocenters. The van der Waals surface area contributed by atoms with Crippen molar-refractivity contribution in [3.05, 3.63) is 260 Å². The summed E-state index contributed by atoms with van der Waals surface area (Å²) in [5.41, 5.74) is 0.916. The van der Waals surface area contributed by atoms with E-state index in [1.165, 1.54) is 97.3 Å². The van der Waals surface area contributed by atoms with Gasteiger partial charge in [0.15, 0.2) is 0 Å². The third-order valence-corrected chi connectivity index (χ3v) is 16.9. The molecule has 6 aromatic carbocycles. The van der Waals surface area contributed by atoms with Gasteiger partial charge in [0.1, 0.15) is 31.4 Å². The molecule has 102 heavy (non-hydrogen) atoms. The van der Waals surface area contributed by atoms with Crippen molar-refractivity contribution in [3.63, 3.8) is 0 Å². The first-order chi connectivity index (χ1) is 47.8. The highest BCUT2D eigenvalue weighted by Gasteiger charge is 2.33. The fourth-order valence-corrected chi connectivity index (χ4v) is 11.2. The van der Waals surface area contributed by atoms with Crippen LogP contribution in [0.4, 0.5) is 26.3 Å². The van der Waals surface area contributed by atoms with Gasteiger partial charge in [-0.05, 0) is 147 Å². The number of carbonyl (C=O) groups excluding carboxylic acids is 2. The molecule has 0 radical (unpaired) electrons. The number of hydrogen-bond acceptors (Lipinski definition) is 14. The highest BCUT2D eigenvalue weighted by atomic mass is 32.2. The maximum Gasteiger partial charge on any atom is 0.416 e. The lowest BCUT2D eigenvalue weighted by Gasteiger charge is -2.23. The molecule has 0 bridgehead atoms. The third kappa shape index (κ3) is 21.0. The molecule has 4 heterocycles. The number of carbonyl (C=O) groups is 2. The monoisotopic (exact) mass is 1440 g/mol. The fraction of sp³-hybridized carbons (Fsp3) is 0.222. The minimum absolute atomic E-state index is 0.0207. The molecule has 30 heteroatoms. The molecule has 0 fully saturated rings. The summed E-state index contributed by atoms with van der Waals surface area (Å²) in [6.45, 7) is 5.44. The Hall–Kier alpha value is -11.1. The quantitative estimate of drug-likeness (QED) is 0.0349. The van der Waals surface area contributed by atoms with Gasteiger partial charge in [-0.25, -0.2) is 26.2 Å². The van der Waals surface area contributed by atoms with Crippen LogP contribution in [-0.4, -0.2) is 144 Å². The highest BCUT2D eigenvalue weighted by molar-refractivity contribution is 7.86. The second-order valence-electron chi connectivity index (χ2n) is 24.8. The zero-order chi connectivity index (χ0) is 75.1. The summed E-state index contributed by atoms with van der Waals surface area (Å²) in [6, 6.07) is 47.0. The lowest BCUT2D eigenvalue weighted by atomic mass is 10.0. The van der Waals surface area contributed by atoms with Crippen molar-refractivity contribution in [2.24, 2.45) is 0 Å². The number of nitrogens with one attached hydrogen (secondary N) is 2. The van der Waals surface area contributed by atoms with Crippen LogP contribution >= 0.6 is 0 Å². The number of aromatic nitrogens is 6. The summed E-state index contributed by atoms with van der Waals surface area (Å²) < 4.78 is 150. The predicted octanol–water partition coefficient (Wildman–Crippen LogP) is 10.6. The summed E-state index contributed by atoms with van der Waals surface area (Å²) >= 11 is 0. The number of rotatable bonds is 18. The second kappa shape index (κ2) is 32.9. The van der Waals surface area contributed by atoms with E-state index in [1.54, 1.807) is 96.0 Å². The van der Waals surface area contributed by atoms with Crippen molar-refractivity contribution in [2.45, 2.75) is 48.8 Å². The number of benzene rings is 6. The van der Waals surface area contributed by atoms with E-state index in [0.717, 1.165) is 46.5 Å². The average Bonchev–Trinajstić information content (AvgIpc) is 1.15. The normalized spacial score (nSPS) is 11.7. The first-order valence-electron chi connectivity index (χ1n) is 31.0. The van der Waals surface area contributed by atoms with Gasteiger partial charge in [-0.3, -0.25) is 28.3 Å². The lowest BCUT2D eigenvalue weighted by Crippen LogP contribution is -2.38. The van der Waals surface area contributed by atoms with Gasteiger partial charge < -0.3 is 28.7 Å². The molecular weight excluding hydrogens is 1370 g/mol. The maximum absolute atomic E-state index is 13.7. The van der Waals surface area contributed by atoms with E-state index < -0.39 is 66.6 Å². The van der Waals surface area contributed by atoms with Crippen LogP contribution in [0.5, 0.6) is 0 Å². The Morgan fingerprint density at radius 3 is 1.10 bits per heavy atom. The molecule has 2 N–H and O–H groups in total. The summed E-state index contributed by atoms with van der Waals surface area (Å²) in [4.78, 5) is 53.6. The van der Waals surface area contributed by atoms with Crippen LogP contribution in [0.1, 0.15) is 67.2 Å². The molecule has 10 rings (SSSR count). The Kier molecular flexibility index (Phi) is 25.2. The van der Waals surface area contributed by atoms with Crippen LogP contribution in [0.3, 0.4) is 0 Å². The van der Waals surface area contributed by atoms with Gasteiger partial charge in [-0.15, -0.1) is 0 Å². The zero-order valence-corrected chi connectivity index (χ0v) is 58.0. The molecule has 0 saturated heterocycles. The van der Waals surface area contributed by atoms with Crippen molar-refractivity contribution in [3.8, 4) is 57.4 Å². The number of nitriles is 2. The zero-order valence-electron chi connectivity index (χ0n) is 56.4. The molecule has 10 aromatic rings. The van der Waals surface area contributed by atoms with E-state index >= 15 is 0 Å². The summed E-state index contributed by atoms with van der Waals surface area (Å²) in [5.74, 6) is -1.24. The number of quaternary nitrogens is 2. The molecule has 0 aliphatic rings. The number of alkyl halides is 6. The van der Waals surface area contributed by atoms with Gasteiger partial charge in [-0.1, -0.05) is 48.5 Å². The number of nitrogens with zero attached hydrogens (tertiary/aromatic N) is 10. The highest BCUT2D eigenvalue weighted by Crippen LogP contribution is 2.34. The molecule has 22 nitrogen and oxygen atoms in total. The molecule has 0 spiro atoms. The Bertz CT molecular complexity index is 4760. The van der Waals surface area contributed by atoms with E-state index in [4.69, 9.17) is 10.5 Å². The minimum atomic E-state index is -4.62. The average molecular weight is 1440 g/mol. The summed E-state index contributed by atoms with van der Waals surface area (Å²) in [7, 11) is 3.65. The number of amides is 2. The molecular formula is C72H70F6N12O10S2. The van der Waals surface area contributed by atoms with Crippen molar-refractivity contribution >= 4 is 32.1 Å². The summed E-state index contributed by atoms with van der Waals surface area (Å²) in [6.07, 6.45) is -4.83. The van der Waals surface area contributed by atoms with Crippen LogP contribution in [-0.2, 0) is 32.6 Å². The molecule has 0 saturated carbocycles. The van der Waals surface area contributed by atoms with Gasteiger partial charge in [0.2, 0.25) is 0 Å². The maximum atomic E-state index is 13.7. The Balaban J connectivity index is 0.000000224. The van der Waals surface area contributed by atoms with E-state index in [-0.39, 0.29) is 32.3 Å². The number of hydrogen-bond donors (Lipinski definition) is 2. The van der Waals surface area contributed by atoms with Crippen LogP contribution in [0.25, 0.3) is 45.3 Å². The van der Waals surface area contributed by atoms with Crippen LogP contribution in [0.2, 0.25) is 0 Å². The van der Waals surface area contributed by atoms with Crippen molar-refractivity contribution in [2.75, 3.05) is 68.5 Å². The van der Waals surface area contributed by atoms with Gasteiger partial charge in [0, 0.05) is 59.8 Å². The van der Waals surface area contributed by atoms with Crippen LogP contribution in [0.15, 0.2) is 214 Å². The molecule has 2 amide bonds. The summed E-state index contributed by atoms with van der Waals surface area (Å²) in [5, 5.41) is 32.6. The Labute approximate surface area is 584 Å². The van der Waals surface area contributed by atoms with Crippen molar-refractivity contribution < 1.29 is 70.8 Å². The van der Waals surface area contributed by atoms with Gasteiger partial charge in [0.25, 0.3) is 22.9 Å². The van der Waals surface area contributed by atoms with Crippen molar-refractivity contribution in [1.29, 1.82) is 10.5 Å². The van der Waals surface area contributed by atoms with Gasteiger partial charge >= 0.3 is 12.4 Å². The minimum Gasteiger partial charge on any atom is -0.744 e. The van der Waals surface area contributed by atoms with E-state index in [0.29, 0.717) is 91.3 Å². The second-order valence-corrected chi connectivity index (χ2v) is 27.6. The van der Waals surface area contributed by atoms with Gasteiger partial charge in [-0.2, -0.15) is 47.1 Å². The van der Waals surface area contributed by atoms with E-state index in [1.807, 2.05) is 42.3 Å².